The molecule has 6 heteroatoms. The lowest BCUT2D eigenvalue weighted by molar-refractivity contribution is -0.149. The second-order valence-electron chi connectivity index (χ2n) is 6.76. The van der Waals surface area contributed by atoms with Gasteiger partial charge in [0.25, 0.3) is 0 Å². The number of likely N-dealkylation sites (tertiary alicyclic amines) is 1. The molecule has 0 bridgehead atoms. The molecule has 1 saturated heterocycles. The van der Waals surface area contributed by atoms with E-state index >= 15 is 0 Å². The maximum atomic E-state index is 12.2. The van der Waals surface area contributed by atoms with E-state index in [1.54, 1.807) is 0 Å². The SMILES string of the molecule is CCOC(=O)C1CCN(CC(=O)NCCc2c[nH]c3ccccc23)CC1. The molecular weight excluding hydrogens is 330 g/mol. The van der Waals surface area contributed by atoms with Gasteiger partial charge in [-0.25, -0.2) is 0 Å². The van der Waals surface area contributed by atoms with Crippen LogP contribution in [0.1, 0.15) is 25.3 Å². The number of fused-ring (bicyclic) bond motifs is 1. The Morgan fingerprint density at radius 3 is 2.81 bits per heavy atom. The topological polar surface area (TPSA) is 74.4 Å². The van der Waals surface area contributed by atoms with Crippen LogP contribution in [0.25, 0.3) is 10.9 Å². The quantitative estimate of drug-likeness (QED) is 0.744. The maximum absolute atomic E-state index is 12.2. The van der Waals surface area contributed by atoms with Crippen molar-refractivity contribution in [3.63, 3.8) is 0 Å². The number of benzene rings is 1. The van der Waals surface area contributed by atoms with Gasteiger partial charge in [0.2, 0.25) is 5.91 Å². The summed E-state index contributed by atoms with van der Waals surface area (Å²) in [6, 6.07) is 8.18. The largest absolute Gasteiger partial charge is 0.466 e. The fraction of sp³-hybridized carbons (Fsp3) is 0.500. The van der Waals surface area contributed by atoms with Crippen molar-refractivity contribution in [2.45, 2.75) is 26.2 Å². The van der Waals surface area contributed by atoms with Gasteiger partial charge in [-0.1, -0.05) is 18.2 Å². The first-order chi connectivity index (χ1) is 12.7. The van der Waals surface area contributed by atoms with E-state index in [4.69, 9.17) is 4.74 Å². The van der Waals surface area contributed by atoms with Gasteiger partial charge < -0.3 is 15.0 Å². The van der Waals surface area contributed by atoms with Gasteiger partial charge in [0, 0.05) is 23.6 Å². The van der Waals surface area contributed by atoms with Gasteiger partial charge in [0.05, 0.1) is 19.1 Å². The Labute approximate surface area is 153 Å². The number of esters is 1. The Morgan fingerprint density at radius 1 is 1.27 bits per heavy atom. The molecule has 0 radical (unpaired) electrons. The molecule has 1 aliphatic heterocycles. The fourth-order valence-electron chi connectivity index (χ4n) is 3.52. The molecular formula is C20H27N3O3. The third kappa shape index (κ3) is 4.64. The number of amides is 1. The molecule has 140 valence electrons. The number of hydrogen-bond acceptors (Lipinski definition) is 4. The second-order valence-corrected chi connectivity index (χ2v) is 6.76. The highest BCUT2D eigenvalue weighted by atomic mass is 16.5. The van der Waals surface area contributed by atoms with E-state index in [0.717, 1.165) is 37.9 Å². The van der Waals surface area contributed by atoms with Crippen LogP contribution in [0.3, 0.4) is 0 Å². The average molecular weight is 357 g/mol. The Hall–Kier alpha value is -2.34. The molecule has 1 amide bonds. The Morgan fingerprint density at radius 2 is 2.04 bits per heavy atom. The first-order valence-electron chi connectivity index (χ1n) is 9.38. The molecule has 1 aromatic carbocycles. The molecule has 0 atom stereocenters. The summed E-state index contributed by atoms with van der Waals surface area (Å²) in [5.41, 5.74) is 2.34. The van der Waals surface area contributed by atoms with Gasteiger partial charge in [-0.05, 0) is 50.9 Å². The number of carbonyl (C=O) groups excluding carboxylic acids is 2. The van der Waals surface area contributed by atoms with Gasteiger partial charge in [-0.15, -0.1) is 0 Å². The smallest absolute Gasteiger partial charge is 0.309 e. The summed E-state index contributed by atoms with van der Waals surface area (Å²) < 4.78 is 5.08. The van der Waals surface area contributed by atoms with Crippen LogP contribution in [0.2, 0.25) is 0 Å². The van der Waals surface area contributed by atoms with Crippen LogP contribution >= 0.6 is 0 Å². The second kappa shape index (κ2) is 8.85. The lowest BCUT2D eigenvalue weighted by Gasteiger charge is -2.30. The highest BCUT2D eigenvalue weighted by Crippen LogP contribution is 2.19. The molecule has 1 fully saturated rings. The summed E-state index contributed by atoms with van der Waals surface area (Å²) in [7, 11) is 0. The van der Waals surface area contributed by atoms with Crippen LogP contribution in [0.15, 0.2) is 30.5 Å². The number of hydrogen-bond donors (Lipinski definition) is 2. The first kappa shape index (κ1) is 18.5. The van der Waals surface area contributed by atoms with Gasteiger partial charge in [0.15, 0.2) is 0 Å². The molecule has 2 heterocycles. The molecule has 0 unspecified atom stereocenters. The van der Waals surface area contributed by atoms with Gasteiger partial charge in [-0.3, -0.25) is 14.5 Å². The predicted octanol–water partition coefficient (Wildman–Crippen LogP) is 2.10. The summed E-state index contributed by atoms with van der Waals surface area (Å²) in [6.07, 6.45) is 4.35. The summed E-state index contributed by atoms with van der Waals surface area (Å²) in [5.74, 6) is -0.0779. The van der Waals surface area contributed by atoms with Gasteiger partial charge in [-0.2, -0.15) is 0 Å². The lowest BCUT2D eigenvalue weighted by Crippen LogP contribution is -2.43. The number of rotatable bonds is 7. The van der Waals surface area contributed by atoms with Crippen LogP contribution in [0.5, 0.6) is 0 Å². The minimum Gasteiger partial charge on any atom is -0.466 e. The molecule has 0 saturated carbocycles. The zero-order valence-electron chi connectivity index (χ0n) is 15.3. The van der Waals surface area contributed by atoms with Crippen LogP contribution < -0.4 is 5.32 Å². The molecule has 1 aliphatic rings. The molecule has 1 aromatic heterocycles. The summed E-state index contributed by atoms with van der Waals surface area (Å²) in [6.45, 7) is 4.80. The van der Waals surface area contributed by atoms with E-state index in [1.807, 2.05) is 25.3 Å². The Bertz CT molecular complexity index is 748. The van der Waals surface area contributed by atoms with Crippen molar-refractivity contribution in [2.24, 2.45) is 5.92 Å². The van der Waals surface area contributed by atoms with E-state index in [2.05, 4.69) is 27.3 Å². The minimum atomic E-state index is -0.102. The molecule has 0 spiro atoms. The maximum Gasteiger partial charge on any atom is 0.309 e. The minimum absolute atomic E-state index is 0.0175. The van der Waals surface area contributed by atoms with Crippen LogP contribution in [0, 0.1) is 5.92 Å². The molecule has 2 aromatic rings. The number of piperidine rings is 1. The van der Waals surface area contributed by atoms with Crippen molar-refractivity contribution < 1.29 is 14.3 Å². The summed E-state index contributed by atoms with van der Waals surface area (Å²) in [4.78, 5) is 29.3. The van der Waals surface area contributed by atoms with E-state index < -0.39 is 0 Å². The van der Waals surface area contributed by atoms with E-state index in [-0.39, 0.29) is 17.8 Å². The lowest BCUT2D eigenvalue weighted by atomic mass is 9.97. The number of ether oxygens (including phenoxy) is 1. The number of carbonyl (C=O) groups is 2. The fourth-order valence-corrected chi connectivity index (χ4v) is 3.52. The van der Waals surface area contributed by atoms with E-state index in [9.17, 15) is 9.59 Å². The highest BCUT2D eigenvalue weighted by Gasteiger charge is 2.26. The third-order valence-corrected chi connectivity index (χ3v) is 4.97. The van der Waals surface area contributed by atoms with Crippen LogP contribution in [-0.4, -0.2) is 54.5 Å². The monoisotopic (exact) mass is 357 g/mol. The molecule has 26 heavy (non-hydrogen) atoms. The summed E-state index contributed by atoms with van der Waals surface area (Å²) in [5, 5.41) is 4.21. The van der Waals surface area contributed by atoms with Gasteiger partial charge in [0.1, 0.15) is 0 Å². The number of para-hydroxylation sites is 1. The van der Waals surface area contributed by atoms with Gasteiger partial charge >= 0.3 is 5.97 Å². The van der Waals surface area contributed by atoms with Crippen molar-refractivity contribution in [1.82, 2.24) is 15.2 Å². The van der Waals surface area contributed by atoms with E-state index in [1.165, 1.54) is 10.9 Å². The zero-order valence-corrected chi connectivity index (χ0v) is 15.3. The van der Waals surface area contributed by atoms with Crippen LogP contribution in [-0.2, 0) is 20.7 Å². The number of aromatic amines is 1. The Kier molecular flexibility index (Phi) is 6.28. The van der Waals surface area contributed by atoms with Crippen molar-refractivity contribution in [2.75, 3.05) is 32.8 Å². The predicted molar refractivity (Wildman–Crippen MR) is 101 cm³/mol. The summed E-state index contributed by atoms with van der Waals surface area (Å²) >= 11 is 0. The van der Waals surface area contributed by atoms with Crippen molar-refractivity contribution in [3.8, 4) is 0 Å². The normalized spacial score (nSPS) is 15.9. The highest BCUT2D eigenvalue weighted by molar-refractivity contribution is 5.83. The number of aromatic nitrogens is 1. The van der Waals surface area contributed by atoms with E-state index in [0.29, 0.717) is 19.7 Å². The van der Waals surface area contributed by atoms with Crippen molar-refractivity contribution >= 4 is 22.8 Å². The standard InChI is InChI=1S/C20H27N3O3/c1-2-26-20(25)15-8-11-23(12-9-15)14-19(24)21-10-7-16-13-22-18-6-4-3-5-17(16)18/h3-6,13,15,22H,2,7-12,14H2,1H3,(H,21,24). The van der Waals surface area contributed by atoms with Crippen molar-refractivity contribution in [3.05, 3.63) is 36.0 Å². The zero-order chi connectivity index (χ0) is 18.4. The van der Waals surface area contributed by atoms with Crippen molar-refractivity contribution in [1.29, 1.82) is 0 Å². The number of H-pyrrole nitrogens is 1. The number of nitrogens with one attached hydrogen (secondary N) is 2. The molecule has 6 nitrogen and oxygen atoms in total. The third-order valence-electron chi connectivity index (χ3n) is 4.97. The molecule has 3 rings (SSSR count). The molecule has 2 N–H and O–H groups in total. The average Bonchev–Trinajstić information content (AvgIpc) is 3.06. The number of nitrogens with zero attached hydrogens (tertiary/aromatic N) is 1. The Balaban J connectivity index is 1.38. The first-order valence-corrected chi connectivity index (χ1v) is 9.38. The molecule has 0 aliphatic carbocycles. The van der Waals surface area contributed by atoms with Crippen LogP contribution in [0.4, 0.5) is 0 Å².